The van der Waals surface area contributed by atoms with Crippen LogP contribution in [0.25, 0.3) is 0 Å². The number of ether oxygens (including phenoxy) is 2. The fourth-order valence-electron chi connectivity index (χ4n) is 5.37. The number of anilines is 1. The quantitative estimate of drug-likeness (QED) is 0.721. The Hall–Kier alpha value is -2.87. The Labute approximate surface area is 186 Å². The second-order valence-electron chi connectivity index (χ2n) is 8.70. The van der Waals surface area contributed by atoms with Crippen molar-refractivity contribution in [1.29, 1.82) is 0 Å². The van der Waals surface area contributed by atoms with Gasteiger partial charge in [-0.1, -0.05) is 6.07 Å². The van der Waals surface area contributed by atoms with Crippen molar-refractivity contribution in [3.63, 3.8) is 0 Å². The highest BCUT2D eigenvalue weighted by molar-refractivity contribution is 5.89. The molecule has 0 spiro atoms. The van der Waals surface area contributed by atoms with Gasteiger partial charge in [0.2, 0.25) is 0 Å². The summed E-state index contributed by atoms with van der Waals surface area (Å²) in [6.07, 6.45) is 3.54. The van der Waals surface area contributed by atoms with Crippen LogP contribution in [0.15, 0.2) is 36.4 Å². The molecular formula is C24H29F2N3O3. The molecule has 2 aromatic rings. The number of nitrogens with one attached hydrogen (secondary N) is 2. The summed E-state index contributed by atoms with van der Waals surface area (Å²) >= 11 is 0. The van der Waals surface area contributed by atoms with Gasteiger partial charge in [-0.25, -0.2) is 13.6 Å². The molecule has 6 nitrogen and oxygen atoms in total. The summed E-state index contributed by atoms with van der Waals surface area (Å²) in [4.78, 5) is 14.8. The average Bonchev–Trinajstić information content (AvgIpc) is 3.09. The number of fused-ring (bicyclic) bond motifs is 1. The molecule has 0 bridgehead atoms. The summed E-state index contributed by atoms with van der Waals surface area (Å²) in [5.41, 5.74) is 1.30. The minimum absolute atomic E-state index is 0.0192. The van der Waals surface area contributed by atoms with E-state index in [-0.39, 0.29) is 23.2 Å². The number of benzene rings is 2. The molecule has 3 atom stereocenters. The largest absolute Gasteiger partial charge is 0.493 e. The number of halogens is 2. The van der Waals surface area contributed by atoms with Crippen molar-refractivity contribution < 1.29 is 23.0 Å². The molecule has 2 amide bonds. The first kappa shape index (κ1) is 22.3. The predicted octanol–water partition coefficient (Wildman–Crippen LogP) is 4.30. The number of hydrogen-bond donors (Lipinski definition) is 2. The molecule has 2 fully saturated rings. The maximum Gasteiger partial charge on any atom is 0.319 e. The Morgan fingerprint density at radius 1 is 1.06 bits per heavy atom. The van der Waals surface area contributed by atoms with Crippen LogP contribution in [0.5, 0.6) is 11.5 Å². The van der Waals surface area contributed by atoms with Crippen molar-refractivity contribution in [1.82, 2.24) is 10.2 Å². The Balaban J connectivity index is 1.48. The normalized spacial score (nSPS) is 25.2. The number of hydrogen-bond acceptors (Lipinski definition) is 4. The monoisotopic (exact) mass is 445 g/mol. The van der Waals surface area contributed by atoms with E-state index in [1.54, 1.807) is 14.2 Å². The summed E-state index contributed by atoms with van der Waals surface area (Å²) < 4.78 is 37.7. The molecule has 172 valence electrons. The second kappa shape index (κ2) is 8.94. The summed E-state index contributed by atoms with van der Waals surface area (Å²) in [5, 5.41) is 5.52. The number of amides is 2. The number of rotatable bonds is 5. The Morgan fingerprint density at radius 3 is 2.47 bits per heavy atom. The maximum absolute atomic E-state index is 13.4. The van der Waals surface area contributed by atoms with Gasteiger partial charge in [-0.2, -0.15) is 0 Å². The lowest BCUT2D eigenvalue weighted by molar-refractivity contribution is 0.156. The van der Waals surface area contributed by atoms with Crippen molar-refractivity contribution in [2.24, 2.45) is 0 Å². The van der Waals surface area contributed by atoms with E-state index in [1.807, 2.05) is 6.07 Å². The van der Waals surface area contributed by atoms with E-state index in [4.69, 9.17) is 9.47 Å². The van der Waals surface area contributed by atoms with E-state index in [0.717, 1.165) is 56.2 Å². The number of urea groups is 1. The van der Waals surface area contributed by atoms with Gasteiger partial charge in [-0.15, -0.1) is 0 Å². The van der Waals surface area contributed by atoms with Crippen molar-refractivity contribution in [2.75, 3.05) is 33.1 Å². The molecule has 3 unspecified atom stereocenters. The molecule has 1 heterocycles. The topological polar surface area (TPSA) is 62.8 Å². The molecule has 1 saturated heterocycles. The Kier molecular flexibility index (Phi) is 6.24. The standard InChI is InChI=1S/C24H29F2N3O3/c1-29-9-8-24(15-4-5-20(31-2)21(10-15)32-3)7-6-18(14-22(24)29)27-23(30)28-19-12-16(25)11-17(26)13-19/h4-5,10-13,18,22H,6-9,14H2,1-3H3,(H2,27,28,30). The predicted molar refractivity (Wildman–Crippen MR) is 118 cm³/mol. The van der Waals surface area contributed by atoms with Crippen molar-refractivity contribution in [2.45, 2.75) is 43.2 Å². The van der Waals surface area contributed by atoms with Gasteiger partial charge in [0.25, 0.3) is 0 Å². The smallest absolute Gasteiger partial charge is 0.319 e. The lowest BCUT2D eigenvalue weighted by atomic mass is 9.65. The first-order valence-corrected chi connectivity index (χ1v) is 10.8. The molecule has 2 aromatic carbocycles. The fraction of sp³-hybridized carbons (Fsp3) is 0.458. The van der Waals surface area contributed by atoms with Gasteiger partial charge in [0, 0.05) is 29.3 Å². The van der Waals surface area contributed by atoms with Gasteiger partial charge in [-0.05, 0) is 69.1 Å². The molecule has 1 aliphatic heterocycles. The molecule has 1 saturated carbocycles. The number of nitrogens with zero attached hydrogens (tertiary/aromatic N) is 1. The van der Waals surface area contributed by atoms with Crippen LogP contribution in [0.1, 0.15) is 31.2 Å². The van der Waals surface area contributed by atoms with E-state index < -0.39 is 17.7 Å². The minimum Gasteiger partial charge on any atom is -0.493 e. The fourth-order valence-corrected chi connectivity index (χ4v) is 5.37. The number of carbonyl (C=O) groups excluding carboxylic acids is 1. The van der Waals surface area contributed by atoms with Gasteiger partial charge in [0.15, 0.2) is 11.5 Å². The van der Waals surface area contributed by atoms with Crippen LogP contribution in [0.2, 0.25) is 0 Å². The summed E-state index contributed by atoms with van der Waals surface area (Å²) in [7, 11) is 5.38. The third kappa shape index (κ3) is 4.24. The minimum atomic E-state index is -0.731. The van der Waals surface area contributed by atoms with Gasteiger partial charge in [0.05, 0.1) is 14.2 Å². The van der Waals surface area contributed by atoms with Crippen LogP contribution in [0.3, 0.4) is 0 Å². The third-order valence-electron chi connectivity index (χ3n) is 6.94. The number of methoxy groups -OCH3 is 2. The zero-order valence-corrected chi connectivity index (χ0v) is 18.6. The van der Waals surface area contributed by atoms with Gasteiger partial charge >= 0.3 is 6.03 Å². The van der Waals surface area contributed by atoms with E-state index in [1.165, 1.54) is 5.56 Å². The number of likely N-dealkylation sites (tertiary alicyclic amines) is 1. The van der Waals surface area contributed by atoms with E-state index >= 15 is 0 Å². The van der Waals surface area contributed by atoms with Crippen LogP contribution in [0.4, 0.5) is 19.3 Å². The number of likely N-dealkylation sites (N-methyl/N-ethyl adjacent to an activating group) is 1. The van der Waals surface area contributed by atoms with E-state index in [0.29, 0.717) is 5.75 Å². The van der Waals surface area contributed by atoms with Crippen molar-refractivity contribution >= 4 is 11.7 Å². The molecule has 2 aliphatic rings. The van der Waals surface area contributed by atoms with Gasteiger partial charge in [-0.3, -0.25) is 0 Å². The zero-order valence-electron chi connectivity index (χ0n) is 18.6. The molecule has 2 N–H and O–H groups in total. The zero-order chi connectivity index (χ0) is 22.9. The highest BCUT2D eigenvalue weighted by atomic mass is 19.1. The van der Waals surface area contributed by atoms with Crippen LogP contribution in [-0.2, 0) is 5.41 Å². The maximum atomic E-state index is 13.4. The van der Waals surface area contributed by atoms with Crippen LogP contribution < -0.4 is 20.1 Å². The lowest BCUT2D eigenvalue weighted by Gasteiger charge is -2.45. The van der Waals surface area contributed by atoms with E-state index in [9.17, 15) is 13.6 Å². The molecule has 0 radical (unpaired) electrons. The third-order valence-corrected chi connectivity index (χ3v) is 6.94. The molecular weight excluding hydrogens is 416 g/mol. The Morgan fingerprint density at radius 2 is 1.78 bits per heavy atom. The first-order valence-electron chi connectivity index (χ1n) is 10.8. The van der Waals surface area contributed by atoms with Gasteiger partial charge in [0.1, 0.15) is 11.6 Å². The summed E-state index contributed by atoms with van der Waals surface area (Å²) in [6.45, 7) is 0.973. The summed E-state index contributed by atoms with van der Waals surface area (Å²) in [6, 6.07) is 8.86. The highest BCUT2D eigenvalue weighted by Crippen LogP contribution is 2.49. The Bertz CT molecular complexity index is 982. The van der Waals surface area contributed by atoms with Crippen LogP contribution in [-0.4, -0.2) is 50.8 Å². The average molecular weight is 446 g/mol. The number of carbonyl (C=O) groups is 1. The second-order valence-corrected chi connectivity index (χ2v) is 8.70. The van der Waals surface area contributed by atoms with Crippen LogP contribution >= 0.6 is 0 Å². The molecule has 4 rings (SSSR count). The molecule has 32 heavy (non-hydrogen) atoms. The van der Waals surface area contributed by atoms with Crippen LogP contribution in [0, 0.1) is 11.6 Å². The van der Waals surface area contributed by atoms with E-state index in [2.05, 4.69) is 34.7 Å². The van der Waals surface area contributed by atoms with Crippen molar-refractivity contribution in [3.05, 3.63) is 53.6 Å². The molecule has 1 aliphatic carbocycles. The van der Waals surface area contributed by atoms with Gasteiger partial charge < -0.3 is 25.0 Å². The first-order chi connectivity index (χ1) is 15.3. The highest BCUT2D eigenvalue weighted by Gasteiger charge is 2.50. The molecule has 0 aromatic heterocycles. The lowest BCUT2D eigenvalue weighted by Crippen LogP contribution is -2.52. The molecule has 8 heteroatoms. The van der Waals surface area contributed by atoms with Crippen molar-refractivity contribution in [3.8, 4) is 11.5 Å². The SMILES string of the molecule is COc1ccc(C23CCC(NC(=O)Nc4cc(F)cc(F)c4)CC2N(C)CC3)cc1OC. The summed E-state index contributed by atoms with van der Waals surface area (Å²) in [5.74, 6) is -0.0403.